The maximum Gasteiger partial charge on any atom is 0.278 e. The third-order valence-electron chi connectivity index (χ3n) is 2.25. The van der Waals surface area contributed by atoms with Gasteiger partial charge in [0.15, 0.2) is 0 Å². The van der Waals surface area contributed by atoms with Crippen LogP contribution in [0.1, 0.15) is 5.56 Å². The average Bonchev–Trinajstić information content (AvgIpc) is 2.27. The number of aromatic nitrogens is 1. The molecule has 4 nitrogen and oxygen atoms in total. The minimum absolute atomic E-state index is 0.0729. The van der Waals surface area contributed by atoms with Crippen molar-refractivity contribution in [2.45, 2.75) is 0 Å². The second kappa shape index (κ2) is 3.49. The second-order valence-corrected chi connectivity index (χ2v) is 3.06. The van der Waals surface area contributed by atoms with E-state index in [2.05, 4.69) is 11.6 Å². The molecule has 0 aliphatic carbocycles. The highest BCUT2D eigenvalue weighted by atomic mass is 16.6. The summed E-state index contributed by atoms with van der Waals surface area (Å²) in [6.45, 7) is 3.67. The number of non-ortho nitro benzene ring substituents is 1. The van der Waals surface area contributed by atoms with E-state index in [1.807, 2.05) is 0 Å². The van der Waals surface area contributed by atoms with Gasteiger partial charge in [-0.2, -0.15) is 0 Å². The zero-order valence-electron chi connectivity index (χ0n) is 7.88. The molecule has 0 aliphatic heterocycles. The Hall–Kier alpha value is -2.23. The molecular weight excluding hydrogens is 192 g/mol. The molecule has 0 saturated carbocycles. The third kappa shape index (κ3) is 1.46. The SMILES string of the molecule is C=Cc1ccc([N+](=O)[O-])c2cnccc12. The zero-order chi connectivity index (χ0) is 10.8. The van der Waals surface area contributed by atoms with Crippen LogP contribution in [0.5, 0.6) is 0 Å². The first-order valence-corrected chi connectivity index (χ1v) is 4.37. The maximum absolute atomic E-state index is 10.8. The van der Waals surface area contributed by atoms with E-state index in [1.165, 1.54) is 12.3 Å². The van der Waals surface area contributed by atoms with Crippen LogP contribution in [0, 0.1) is 10.1 Å². The van der Waals surface area contributed by atoms with Crippen LogP contribution in [0.4, 0.5) is 5.69 Å². The molecule has 2 rings (SSSR count). The van der Waals surface area contributed by atoms with Gasteiger partial charge in [-0.05, 0) is 23.1 Å². The van der Waals surface area contributed by atoms with E-state index in [0.29, 0.717) is 5.39 Å². The highest BCUT2D eigenvalue weighted by molar-refractivity contribution is 5.95. The van der Waals surface area contributed by atoms with E-state index in [4.69, 9.17) is 0 Å². The lowest BCUT2D eigenvalue weighted by molar-refractivity contribution is -0.383. The molecule has 0 amide bonds. The molecular formula is C11H8N2O2. The van der Waals surface area contributed by atoms with Crippen LogP contribution in [0.3, 0.4) is 0 Å². The highest BCUT2D eigenvalue weighted by Gasteiger charge is 2.12. The van der Waals surface area contributed by atoms with E-state index in [9.17, 15) is 10.1 Å². The quantitative estimate of drug-likeness (QED) is 0.553. The topological polar surface area (TPSA) is 56.0 Å². The van der Waals surface area contributed by atoms with Gasteiger partial charge in [0, 0.05) is 18.5 Å². The molecule has 15 heavy (non-hydrogen) atoms. The number of rotatable bonds is 2. The maximum atomic E-state index is 10.8. The molecule has 1 heterocycles. The van der Waals surface area contributed by atoms with E-state index in [1.54, 1.807) is 24.4 Å². The van der Waals surface area contributed by atoms with Gasteiger partial charge in [-0.15, -0.1) is 0 Å². The molecule has 0 bridgehead atoms. The Bertz CT molecular complexity index is 549. The number of hydrogen-bond donors (Lipinski definition) is 0. The fourth-order valence-electron chi connectivity index (χ4n) is 1.54. The Kier molecular flexibility index (Phi) is 2.17. The first-order valence-electron chi connectivity index (χ1n) is 4.37. The number of nitro groups is 1. The van der Waals surface area contributed by atoms with Crippen molar-refractivity contribution in [3.8, 4) is 0 Å². The Morgan fingerprint density at radius 3 is 2.80 bits per heavy atom. The van der Waals surface area contributed by atoms with Crippen LogP contribution >= 0.6 is 0 Å². The van der Waals surface area contributed by atoms with Crippen LogP contribution < -0.4 is 0 Å². The Labute approximate surface area is 86.0 Å². The number of pyridine rings is 1. The van der Waals surface area contributed by atoms with Crippen LogP contribution in [0.25, 0.3) is 16.8 Å². The average molecular weight is 200 g/mol. The molecule has 0 N–H and O–H groups in total. The molecule has 2 aromatic rings. The summed E-state index contributed by atoms with van der Waals surface area (Å²) in [6.07, 6.45) is 4.78. The second-order valence-electron chi connectivity index (χ2n) is 3.06. The van der Waals surface area contributed by atoms with E-state index >= 15 is 0 Å². The summed E-state index contributed by atoms with van der Waals surface area (Å²) < 4.78 is 0. The lowest BCUT2D eigenvalue weighted by Gasteiger charge is -2.01. The molecule has 1 aromatic heterocycles. The molecule has 0 aliphatic rings. The van der Waals surface area contributed by atoms with Crippen molar-refractivity contribution in [3.05, 3.63) is 52.8 Å². The Morgan fingerprint density at radius 1 is 1.33 bits per heavy atom. The largest absolute Gasteiger partial charge is 0.278 e. The lowest BCUT2D eigenvalue weighted by Crippen LogP contribution is -1.91. The fraction of sp³-hybridized carbons (Fsp3) is 0. The molecule has 0 unspecified atom stereocenters. The molecule has 4 heteroatoms. The van der Waals surface area contributed by atoms with Crippen molar-refractivity contribution < 1.29 is 4.92 Å². The number of nitro benzene ring substituents is 1. The van der Waals surface area contributed by atoms with Crippen molar-refractivity contribution in [1.29, 1.82) is 0 Å². The van der Waals surface area contributed by atoms with Gasteiger partial charge in [0.2, 0.25) is 0 Å². The van der Waals surface area contributed by atoms with Crippen molar-refractivity contribution in [3.63, 3.8) is 0 Å². The highest BCUT2D eigenvalue weighted by Crippen LogP contribution is 2.27. The van der Waals surface area contributed by atoms with Gasteiger partial charge in [-0.1, -0.05) is 12.7 Å². The van der Waals surface area contributed by atoms with E-state index in [0.717, 1.165) is 10.9 Å². The predicted octanol–water partition coefficient (Wildman–Crippen LogP) is 2.79. The molecule has 1 aromatic carbocycles. The minimum Gasteiger partial charge on any atom is -0.264 e. The normalized spacial score (nSPS) is 10.1. The van der Waals surface area contributed by atoms with Crippen molar-refractivity contribution in [2.24, 2.45) is 0 Å². The van der Waals surface area contributed by atoms with Gasteiger partial charge < -0.3 is 0 Å². The standard InChI is InChI=1S/C11H8N2O2/c1-2-8-3-4-11(13(14)15)10-7-12-6-5-9(8)10/h2-7H,1H2. The van der Waals surface area contributed by atoms with Crippen LogP contribution in [-0.2, 0) is 0 Å². The van der Waals surface area contributed by atoms with Crippen LogP contribution in [0.2, 0.25) is 0 Å². The Balaban J connectivity index is 2.89. The van der Waals surface area contributed by atoms with Crippen LogP contribution in [0.15, 0.2) is 37.2 Å². The first-order chi connectivity index (χ1) is 7.24. The van der Waals surface area contributed by atoms with Gasteiger partial charge in [0.05, 0.1) is 10.3 Å². The summed E-state index contributed by atoms with van der Waals surface area (Å²) in [5, 5.41) is 12.1. The minimum atomic E-state index is -0.406. The summed E-state index contributed by atoms with van der Waals surface area (Å²) in [7, 11) is 0. The van der Waals surface area contributed by atoms with Crippen LogP contribution in [-0.4, -0.2) is 9.91 Å². The third-order valence-corrected chi connectivity index (χ3v) is 2.25. The smallest absolute Gasteiger partial charge is 0.264 e. The fourth-order valence-corrected chi connectivity index (χ4v) is 1.54. The molecule has 0 spiro atoms. The molecule has 74 valence electrons. The number of fused-ring (bicyclic) bond motifs is 1. The first kappa shape index (κ1) is 9.33. The molecule has 0 atom stereocenters. The summed E-state index contributed by atoms with van der Waals surface area (Å²) in [4.78, 5) is 14.3. The summed E-state index contributed by atoms with van der Waals surface area (Å²) in [5.41, 5.74) is 0.946. The summed E-state index contributed by atoms with van der Waals surface area (Å²) in [6, 6.07) is 4.91. The van der Waals surface area contributed by atoms with E-state index in [-0.39, 0.29) is 5.69 Å². The Morgan fingerprint density at radius 2 is 2.13 bits per heavy atom. The van der Waals surface area contributed by atoms with Gasteiger partial charge in [-0.25, -0.2) is 0 Å². The predicted molar refractivity (Wildman–Crippen MR) is 58.5 cm³/mol. The number of hydrogen-bond acceptors (Lipinski definition) is 3. The van der Waals surface area contributed by atoms with Gasteiger partial charge >= 0.3 is 0 Å². The molecule has 0 radical (unpaired) electrons. The lowest BCUT2D eigenvalue weighted by atomic mass is 10.1. The molecule has 0 saturated heterocycles. The monoisotopic (exact) mass is 200 g/mol. The van der Waals surface area contributed by atoms with Gasteiger partial charge in [0.1, 0.15) is 0 Å². The zero-order valence-corrected chi connectivity index (χ0v) is 7.88. The summed E-state index contributed by atoms with van der Waals surface area (Å²) in [5.74, 6) is 0. The van der Waals surface area contributed by atoms with Gasteiger partial charge in [0.25, 0.3) is 5.69 Å². The summed E-state index contributed by atoms with van der Waals surface area (Å²) >= 11 is 0. The van der Waals surface area contributed by atoms with E-state index < -0.39 is 4.92 Å². The number of nitrogens with zero attached hydrogens (tertiary/aromatic N) is 2. The van der Waals surface area contributed by atoms with Gasteiger partial charge in [-0.3, -0.25) is 15.1 Å². The van der Waals surface area contributed by atoms with Crippen molar-refractivity contribution in [2.75, 3.05) is 0 Å². The van der Waals surface area contributed by atoms with Crippen molar-refractivity contribution in [1.82, 2.24) is 4.98 Å². The number of benzene rings is 1. The van der Waals surface area contributed by atoms with Crippen molar-refractivity contribution >= 4 is 22.5 Å². The molecule has 0 fully saturated rings.